The first-order valence-corrected chi connectivity index (χ1v) is 4.09. The van der Waals surface area contributed by atoms with Crippen molar-refractivity contribution in [3.8, 4) is 6.19 Å². The largest absolute Gasteiger partial charge is 0.268 e. The van der Waals surface area contributed by atoms with Crippen molar-refractivity contribution in [2.24, 2.45) is 0 Å². The highest BCUT2D eigenvalue weighted by atomic mass is 79.9. The summed E-state index contributed by atoms with van der Waals surface area (Å²) in [6.45, 7) is 0. The Morgan fingerprint density at radius 3 is 2.85 bits per heavy atom. The Kier molecular flexibility index (Phi) is 2.98. The van der Waals surface area contributed by atoms with E-state index in [9.17, 15) is 9.18 Å². The van der Waals surface area contributed by atoms with E-state index in [-0.39, 0.29) is 10.0 Å². The summed E-state index contributed by atoms with van der Waals surface area (Å²) in [4.78, 5) is 11.0. The first-order chi connectivity index (χ1) is 6.15. The molecule has 1 N–H and O–H groups in total. The number of hydrogen-bond donors (Lipinski definition) is 1. The smallest absolute Gasteiger partial charge is 0.264 e. The van der Waals surface area contributed by atoms with Gasteiger partial charge >= 0.3 is 0 Å². The Morgan fingerprint density at radius 2 is 2.31 bits per heavy atom. The topological polar surface area (TPSA) is 52.9 Å². The molecule has 0 aromatic heterocycles. The van der Waals surface area contributed by atoms with Gasteiger partial charge in [-0.15, -0.1) is 0 Å². The van der Waals surface area contributed by atoms with Gasteiger partial charge in [-0.25, -0.2) is 4.39 Å². The summed E-state index contributed by atoms with van der Waals surface area (Å²) in [6.07, 6.45) is 1.47. The van der Waals surface area contributed by atoms with Crippen molar-refractivity contribution in [2.75, 3.05) is 0 Å². The van der Waals surface area contributed by atoms with Gasteiger partial charge < -0.3 is 0 Å². The van der Waals surface area contributed by atoms with Crippen molar-refractivity contribution in [3.05, 3.63) is 34.1 Å². The van der Waals surface area contributed by atoms with Crippen LogP contribution in [0.2, 0.25) is 0 Å². The fourth-order valence-corrected chi connectivity index (χ4v) is 1.01. The molecule has 0 heterocycles. The molecule has 0 aliphatic heterocycles. The Bertz CT molecular complexity index is 386. The molecular formula is C8H4BrFN2O. The number of nitriles is 1. The van der Waals surface area contributed by atoms with Gasteiger partial charge in [0.15, 0.2) is 6.19 Å². The van der Waals surface area contributed by atoms with Gasteiger partial charge in [-0.2, -0.15) is 5.26 Å². The summed E-state index contributed by atoms with van der Waals surface area (Å²) >= 11 is 2.95. The van der Waals surface area contributed by atoms with Crippen LogP contribution in [0.3, 0.4) is 0 Å². The van der Waals surface area contributed by atoms with Gasteiger partial charge in [-0.3, -0.25) is 10.1 Å². The fraction of sp³-hybridized carbons (Fsp3) is 0. The number of benzene rings is 1. The summed E-state index contributed by atoms with van der Waals surface area (Å²) in [6, 6.07) is 3.87. The molecular weight excluding hydrogens is 239 g/mol. The standard InChI is InChI=1S/C8H4BrFN2O/c9-6-2-1-5(3-7(6)10)8(13)12-4-11/h1-3H,(H,12,13). The molecule has 3 nitrogen and oxygen atoms in total. The third-order valence-corrected chi connectivity index (χ3v) is 1.99. The highest BCUT2D eigenvalue weighted by Crippen LogP contribution is 2.16. The van der Waals surface area contributed by atoms with Crippen LogP contribution in [0, 0.1) is 17.3 Å². The van der Waals surface area contributed by atoms with Crippen LogP contribution in [-0.2, 0) is 0 Å². The quantitative estimate of drug-likeness (QED) is 0.603. The van der Waals surface area contributed by atoms with E-state index in [1.807, 2.05) is 5.32 Å². The summed E-state index contributed by atoms with van der Waals surface area (Å²) in [5, 5.41) is 10.0. The average Bonchev–Trinajstić information content (AvgIpc) is 2.10. The van der Waals surface area contributed by atoms with E-state index < -0.39 is 11.7 Å². The monoisotopic (exact) mass is 242 g/mol. The maximum Gasteiger partial charge on any atom is 0.264 e. The number of halogens is 2. The second kappa shape index (κ2) is 4.01. The zero-order valence-electron chi connectivity index (χ0n) is 6.34. The van der Waals surface area contributed by atoms with E-state index in [0.29, 0.717) is 0 Å². The lowest BCUT2D eigenvalue weighted by molar-refractivity contribution is 0.0972. The number of carbonyl (C=O) groups excluding carboxylic acids is 1. The van der Waals surface area contributed by atoms with Gasteiger partial charge in [-0.1, -0.05) is 0 Å². The molecule has 0 radical (unpaired) electrons. The van der Waals surface area contributed by atoms with E-state index >= 15 is 0 Å². The zero-order chi connectivity index (χ0) is 9.84. The Morgan fingerprint density at radius 1 is 1.62 bits per heavy atom. The first kappa shape index (κ1) is 9.68. The van der Waals surface area contributed by atoms with Crippen LogP contribution >= 0.6 is 15.9 Å². The molecule has 0 saturated carbocycles. The summed E-state index contributed by atoms with van der Waals surface area (Å²) in [5.74, 6) is -1.15. The lowest BCUT2D eigenvalue weighted by Crippen LogP contribution is -2.17. The molecule has 0 aliphatic rings. The third kappa shape index (κ3) is 2.26. The Balaban J connectivity index is 2.98. The van der Waals surface area contributed by atoms with Crippen LogP contribution in [0.15, 0.2) is 22.7 Å². The molecule has 0 unspecified atom stereocenters. The second-order valence-electron chi connectivity index (χ2n) is 2.19. The minimum atomic E-state index is -0.617. The summed E-state index contributed by atoms with van der Waals surface area (Å²) in [7, 11) is 0. The minimum Gasteiger partial charge on any atom is -0.268 e. The Hall–Kier alpha value is -1.41. The van der Waals surface area contributed by atoms with Gasteiger partial charge in [0.1, 0.15) is 5.82 Å². The second-order valence-corrected chi connectivity index (χ2v) is 3.05. The third-order valence-electron chi connectivity index (χ3n) is 1.35. The molecule has 1 aromatic carbocycles. The Labute approximate surface area is 82.3 Å². The molecule has 0 aliphatic carbocycles. The van der Waals surface area contributed by atoms with E-state index in [4.69, 9.17) is 5.26 Å². The number of nitrogens with one attached hydrogen (secondary N) is 1. The number of nitrogens with zero attached hydrogens (tertiary/aromatic N) is 1. The molecule has 13 heavy (non-hydrogen) atoms. The molecule has 1 aromatic rings. The average molecular weight is 243 g/mol. The van der Waals surface area contributed by atoms with Gasteiger partial charge in [-0.05, 0) is 34.1 Å². The number of carbonyl (C=O) groups is 1. The molecule has 0 fully saturated rings. The maximum absolute atomic E-state index is 12.9. The lowest BCUT2D eigenvalue weighted by atomic mass is 10.2. The fourth-order valence-electron chi connectivity index (χ4n) is 0.760. The minimum absolute atomic E-state index is 0.113. The molecule has 1 amide bonds. The summed E-state index contributed by atoms with van der Waals surface area (Å²) in [5.41, 5.74) is 0.113. The predicted molar refractivity (Wildman–Crippen MR) is 47.2 cm³/mol. The van der Waals surface area contributed by atoms with Gasteiger partial charge in [0.05, 0.1) is 4.47 Å². The molecule has 0 atom stereocenters. The highest BCUT2D eigenvalue weighted by Gasteiger charge is 2.07. The lowest BCUT2D eigenvalue weighted by Gasteiger charge is -1.98. The van der Waals surface area contributed by atoms with Gasteiger partial charge in [0, 0.05) is 5.56 Å². The van der Waals surface area contributed by atoms with E-state index in [0.717, 1.165) is 6.07 Å². The summed E-state index contributed by atoms with van der Waals surface area (Å²) < 4.78 is 13.1. The first-order valence-electron chi connectivity index (χ1n) is 3.29. The van der Waals surface area contributed by atoms with Crippen molar-refractivity contribution in [1.82, 2.24) is 5.32 Å². The molecule has 0 saturated heterocycles. The van der Waals surface area contributed by atoms with Crippen LogP contribution in [-0.4, -0.2) is 5.91 Å². The van der Waals surface area contributed by atoms with Crippen LogP contribution < -0.4 is 5.32 Å². The van der Waals surface area contributed by atoms with E-state index in [2.05, 4.69) is 15.9 Å². The maximum atomic E-state index is 12.9. The van der Waals surface area contributed by atoms with Crippen molar-refractivity contribution >= 4 is 21.8 Å². The normalized spacial score (nSPS) is 9.00. The molecule has 5 heteroatoms. The van der Waals surface area contributed by atoms with Gasteiger partial charge in [0.25, 0.3) is 5.91 Å². The van der Waals surface area contributed by atoms with Crippen LogP contribution in [0.4, 0.5) is 4.39 Å². The van der Waals surface area contributed by atoms with Crippen LogP contribution in [0.5, 0.6) is 0 Å². The van der Waals surface area contributed by atoms with Crippen molar-refractivity contribution in [2.45, 2.75) is 0 Å². The van der Waals surface area contributed by atoms with Crippen molar-refractivity contribution in [1.29, 1.82) is 5.26 Å². The highest BCUT2D eigenvalue weighted by molar-refractivity contribution is 9.10. The zero-order valence-corrected chi connectivity index (χ0v) is 7.93. The van der Waals surface area contributed by atoms with E-state index in [1.165, 1.54) is 18.3 Å². The SMILES string of the molecule is N#CNC(=O)c1ccc(Br)c(F)c1. The molecule has 1 rings (SSSR count). The van der Waals surface area contributed by atoms with Crippen molar-refractivity contribution in [3.63, 3.8) is 0 Å². The molecule has 0 bridgehead atoms. The predicted octanol–water partition coefficient (Wildman–Crippen LogP) is 1.80. The molecule has 0 spiro atoms. The van der Waals surface area contributed by atoms with Crippen LogP contribution in [0.25, 0.3) is 0 Å². The van der Waals surface area contributed by atoms with Crippen molar-refractivity contribution < 1.29 is 9.18 Å². The van der Waals surface area contributed by atoms with Crippen LogP contribution in [0.1, 0.15) is 10.4 Å². The number of amides is 1. The number of rotatable bonds is 1. The van der Waals surface area contributed by atoms with Gasteiger partial charge in [0.2, 0.25) is 0 Å². The van der Waals surface area contributed by atoms with E-state index in [1.54, 1.807) is 0 Å². The molecule has 66 valence electrons. The number of hydrogen-bond acceptors (Lipinski definition) is 2.